The van der Waals surface area contributed by atoms with Crippen molar-refractivity contribution in [2.75, 3.05) is 0 Å². The predicted molar refractivity (Wildman–Crippen MR) is 92.2 cm³/mol. The summed E-state index contributed by atoms with van der Waals surface area (Å²) >= 11 is 0. The lowest BCUT2D eigenvalue weighted by Gasteiger charge is -2.01. The van der Waals surface area contributed by atoms with E-state index in [1.165, 1.54) is 5.56 Å². The molecule has 0 bridgehead atoms. The highest BCUT2D eigenvalue weighted by molar-refractivity contribution is 5.77. The summed E-state index contributed by atoms with van der Waals surface area (Å²) < 4.78 is 1.90. The third-order valence-corrected chi connectivity index (χ3v) is 3.57. The van der Waals surface area contributed by atoms with Gasteiger partial charge in [0, 0.05) is 5.70 Å². The lowest BCUT2D eigenvalue weighted by atomic mass is 10.2. The van der Waals surface area contributed by atoms with Gasteiger partial charge < -0.3 is 0 Å². The SMILES string of the molecule is CC(=CCCC=Cc1ccccc1)n1nnc2ccccc21. The lowest BCUT2D eigenvalue weighted by molar-refractivity contribution is 0.829. The third-order valence-electron chi connectivity index (χ3n) is 3.57. The molecule has 0 saturated heterocycles. The van der Waals surface area contributed by atoms with Gasteiger partial charge in [0.05, 0.1) is 5.52 Å². The van der Waals surface area contributed by atoms with Crippen LogP contribution in [0.2, 0.25) is 0 Å². The molecule has 1 aromatic heterocycles. The van der Waals surface area contributed by atoms with Crippen molar-refractivity contribution < 1.29 is 0 Å². The average molecular weight is 289 g/mol. The molecule has 0 aliphatic heterocycles. The molecule has 0 N–H and O–H groups in total. The van der Waals surface area contributed by atoms with Gasteiger partial charge in [0.1, 0.15) is 5.52 Å². The Labute approximate surface area is 130 Å². The Morgan fingerprint density at radius 1 is 1.00 bits per heavy atom. The van der Waals surface area contributed by atoms with Crippen LogP contribution in [-0.4, -0.2) is 15.0 Å². The number of unbranched alkanes of at least 4 members (excludes halogenated alkanes) is 1. The van der Waals surface area contributed by atoms with Gasteiger partial charge in [0.15, 0.2) is 0 Å². The minimum Gasteiger partial charge on any atom is -0.218 e. The van der Waals surface area contributed by atoms with Crippen LogP contribution in [0.5, 0.6) is 0 Å². The number of rotatable bonds is 5. The smallest absolute Gasteiger partial charge is 0.113 e. The molecule has 22 heavy (non-hydrogen) atoms. The second-order valence-electron chi connectivity index (χ2n) is 5.23. The second kappa shape index (κ2) is 6.85. The average Bonchev–Trinajstić information content (AvgIpc) is 2.99. The van der Waals surface area contributed by atoms with E-state index in [2.05, 4.69) is 59.7 Å². The van der Waals surface area contributed by atoms with E-state index in [0.717, 1.165) is 29.6 Å². The highest BCUT2D eigenvalue weighted by Crippen LogP contribution is 2.15. The van der Waals surface area contributed by atoms with E-state index < -0.39 is 0 Å². The molecule has 2 aromatic carbocycles. The summed E-state index contributed by atoms with van der Waals surface area (Å²) in [5.41, 5.74) is 4.34. The van der Waals surface area contributed by atoms with Crippen molar-refractivity contribution in [3.8, 4) is 0 Å². The Bertz CT molecular complexity index is 798. The number of hydrogen-bond donors (Lipinski definition) is 0. The number of nitrogens with zero attached hydrogens (tertiary/aromatic N) is 3. The summed E-state index contributed by atoms with van der Waals surface area (Å²) in [5.74, 6) is 0. The summed E-state index contributed by atoms with van der Waals surface area (Å²) in [6.45, 7) is 2.07. The molecule has 0 aliphatic rings. The van der Waals surface area contributed by atoms with Gasteiger partial charge in [-0.15, -0.1) is 5.10 Å². The molecule has 0 aliphatic carbocycles. The highest BCUT2D eigenvalue weighted by Gasteiger charge is 2.03. The summed E-state index contributed by atoms with van der Waals surface area (Å²) in [4.78, 5) is 0. The van der Waals surface area contributed by atoms with Crippen LogP contribution in [-0.2, 0) is 0 Å². The van der Waals surface area contributed by atoms with Crippen LogP contribution in [0.25, 0.3) is 22.8 Å². The Kier molecular flexibility index (Phi) is 4.44. The number of hydrogen-bond acceptors (Lipinski definition) is 2. The van der Waals surface area contributed by atoms with Gasteiger partial charge in [-0.1, -0.05) is 65.9 Å². The molecule has 0 unspecified atom stereocenters. The maximum Gasteiger partial charge on any atom is 0.113 e. The van der Waals surface area contributed by atoms with Crippen molar-refractivity contribution in [2.24, 2.45) is 0 Å². The number of aromatic nitrogens is 3. The molecule has 0 atom stereocenters. The van der Waals surface area contributed by atoms with Gasteiger partial charge in [-0.2, -0.15) is 0 Å². The zero-order valence-corrected chi connectivity index (χ0v) is 12.7. The first-order chi connectivity index (χ1) is 10.8. The second-order valence-corrected chi connectivity index (χ2v) is 5.23. The zero-order chi connectivity index (χ0) is 15.2. The number of para-hydroxylation sites is 1. The standard InChI is InChI=1S/C19H19N3/c1-16(22-19-15-9-8-14-18(19)20-21-22)10-4-2-5-11-17-12-6-3-7-13-17/h3,5-15H,2,4H2,1H3. The molecule has 1 heterocycles. The quantitative estimate of drug-likeness (QED) is 0.632. The van der Waals surface area contributed by atoms with E-state index in [1.54, 1.807) is 0 Å². The molecule has 0 amide bonds. The van der Waals surface area contributed by atoms with Crippen molar-refractivity contribution in [3.63, 3.8) is 0 Å². The van der Waals surface area contributed by atoms with Crippen LogP contribution in [0.3, 0.4) is 0 Å². The van der Waals surface area contributed by atoms with Crippen LogP contribution in [0.4, 0.5) is 0 Å². The molecule has 110 valence electrons. The largest absolute Gasteiger partial charge is 0.218 e. The van der Waals surface area contributed by atoms with Gasteiger partial charge in [0.25, 0.3) is 0 Å². The summed E-state index contributed by atoms with van der Waals surface area (Å²) in [6, 6.07) is 18.4. The Balaban J connectivity index is 1.62. The van der Waals surface area contributed by atoms with E-state index in [0.29, 0.717) is 0 Å². The number of allylic oxidation sites excluding steroid dienone is 3. The molecule has 0 saturated carbocycles. The van der Waals surface area contributed by atoms with Crippen LogP contribution in [0.1, 0.15) is 25.3 Å². The Morgan fingerprint density at radius 3 is 2.64 bits per heavy atom. The van der Waals surface area contributed by atoms with E-state index in [1.807, 2.05) is 35.0 Å². The first-order valence-corrected chi connectivity index (χ1v) is 7.54. The van der Waals surface area contributed by atoms with E-state index in [9.17, 15) is 0 Å². The number of fused-ring (bicyclic) bond motifs is 1. The fourth-order valence-electron chi connectivity index (χ4n) is 2.39. The summed E-state index contributed by atoms with van der Waals surface area (Å²) in [5, 5.41) is 8.40. The molecular weight excluding hydrogens is 270 g/mol. The van der Waals surface area contributed by atoms with Crippen molar-refractivity contribution in [3.05, 3.63) is 72.3 Å². The number of benzene rings is 2. The maximum absolute atomic E-state index is 4.22. The zero-order valence-electron chi connectivity index (χ0n) is 12.7. The van der Waals surface area contributed by atoms with E-state index in [-0.39, 0.29) is 0 Å². The minimum atomic E-state index is 0.930. The van der Waals surface area contributed by atoms with Gasteiger partial charge in [0.2, 0.25) is 0 Å². The van der Waals surface area contributed by atoms with E-state index >= 15 is 0 Å². The third kappa shape index (κ3) is 3.31. The van der Waals surface area contributed by atoms with Crippen LogP contribution >= 0.6 is 0 Å². The van der Waals surface area contributed by atoms with Crippen LogP contribution in [0, 0.1) is 0 Å². The van der Waals surface area contributed by atoms with E-state index in [4.69, 9.17) is 0 Å². The lowest BCUT2D eigenvalue weighted by Crippen LogP contribution is -1.95. The molecule has 3 heteroatoms. The first kappa shape index (κ1) is 14.3. The highest BCUT2D eigenvalue weighted by atomic mass is 15.4. The van der Waals surface area contributed by atoms with Gasteiger partial charge in [-0.25, -0.2) is 4.68 Å². The molecular formula is C19H19N3. The summed E-state index contributed by atoms with van der Waals surface area (Å²) in [7, 11) is 0. The normalized spacial score (nSPS) is 12.3. The van der Waals surface area contributed by atoms with Crippen molar-refractivity contribution >= 4 is 22.8 Å². The fraction of sp³-hybridized carbons (Fsp3) is 0.158. The molecule has 0 fully saturated rings. The van der Waals surface area contributed by atoms with Crippen molar-refractivity contribution in [2.45, 2.75) is 19.8 Å². The van der Waals surface area contributed by atoms with Gasteiger partial charge in [-0.05, 0) is 37.5 Å². The van der Waals surface area contributed by atoms with Crippen LogP contribution in [0.15, 0.2) is 66.7 Å². The summed E-state index contributed by atoms with van der Waals surface area (Å²) in [6.07, 6.45) is 8.57. The predicted octanol–water partition coefficient (Wildman–Crippen LogP) is 4.79. The van der Waals surface area contributed by atoms with Gasteiger partial charge in [-0.3, -0.25) is 0 Å². The van der Waals surface area contributed by atoms with Crippen molar-refractivity contribution in [1.29, 1.82) is 0 Å². The minimum absolute atomic E-state index is 0.930. The topological polar surface area (TPSA) is 30.7 Å². The van der Waals surface area contributed by atoms with Crippen LogP contribution < -0.4 is 0 Å². The van der Waals surface area contributed by atoms with Crippen molar-refractivity contribution in [1.82, 2.24) is 15.0 Å². The fourth-order valence-corrected chi connectivity index (χ4v) is 2.39. The first-order valence-electron chi connectivity index (χ1n) is 7.54. The molecule has 0 spiro atoms. The van der Waals surface area contributed by atoms with Gasteiger partial charge >= 0.3 is 0 Å². The molecule has 3 aromatic rings. The molecule has 0 radical (unpaired) electrons. The molecule has 3 rings (SSSR count). The monoisotopic (exact) mass is 289 g/mol. The molecule has 3 nitrogen and oxygen atoms in total. The maximum atomic E-state index is 4.22. The Hall–Kier alpha value is -2.68. The Morgan fingerprint density at radius 2 is 1.77 bits per heavy atom.